The van der Waals surface area contributed by atoms with E-state index in [1.807, 2.05) is 13.8 Å². The summed E-state index contributed by atoms with van der Waals surface area (Å²) in [4.78, 5) is 4.37. The molecule has 32 heavy (non-hydrogen) atoms. The van der Waals surface area contributed by atoms with E-state index in [1.165, 1.54) is 12.1 Å². The highest BCUT2D eigenvalue weighted by molar-refractivity contribution is 5.41. The summed E-state index contributed by atoms with van der Waals surface area (Å²) in [6.45, 7) is 5.85. The van der Waals surface area contributed by atoms with Crippen LogP contribution in [0.2, 0.25) is 0 Å². The van der Waals surface area contributed by atoms with Gasteiger partial charge in [0, 0.05) is 11.5 Å². The Morgan fingerprint density at radius 3 is 2.34 bits per heavy atom. The van der Waals surface area contributed by atoms with Crippen molar-refractivity contribution in [1.82, 2.24) is 10.3 Å². The number of ether oxygens (including phenoxy) is 1. The zero-order chi connectivity index (χ0) is 23.2. The van der Waals surface area contributed by atoms with Gasteiger partial charge >= 0.3 is 6.18 Å². The lowest BCUT2D eigenvalue weighted by molar-refractivity contribution is -0.137. The molecule has 1 fully saturated rings. The summed E-state index contributed by atoms with van der Waals surface area (Å²) in [5.41, 5.74) is 0.164. The van der Waals surface area contributed by atoms with Gasteiger partial charge in [0.1, 0.15) is 11.6 Å². The number of benzene rings is 1. The molecular weight excluding hydrogens is 422 g/mol. The maximum absolute atomic E-state index is 13.4. The lowest BCUT2D eigenvalue weighted by Gasteiger charge is -2.38. The molecule has 0 radical (unpaired) electrons. The smallest absolute Gasteiger partial charge is 0.374 e. The van der Waals surface area contributed by atoms with E-state index >= 15 is 0 Å². The van der Waals surface area contributed by atoms with E-state index in [4.69, 9.17) is 4.74 Å². The predicted molar refractivity (Wildman–Crippen MR) is 117 cm³/mol. The number of hydrogen-bond acceptors (Lipinski definition) is 4. The van der Waals surface area contributed by atoms with Crippen molar-refractivity contribution in [2.75, 3.05) is 25.0 Å². The van der Waals surface area contributed by atoms with Crippen LogP contribution in [-0.4, -0.2) is 30.7 Å². The van der Waals surface area contributed by atoms with Gasteiger partial charge in [-0.05, 0) is 68.6 Å². The van der Waals surface area contributed by atoms with Crippen LogP contribution in [0.1, 0.15) is 56.4 Å². The summed E-state index contributed by atoms with van der Waals surface area (Å²) in [6.07, 6.45) is -1.29. The van der Waals surface area contributed by atoms with Crippen molar-refractivity contribution in [3.05, 3.63) is 59.0 Å². The number of pyridine rings is 1. The summed E-state index contributed by atoms with van der Waals surface area (Å²) in [5, 5.41) is 6.41. The largest absolute Gasteiger partial charge is 0.416 e. The van der Waals surface area contributed by atoms with Gasteiger partial charge in [-0.15, -0.1) is 0 Å². The first-order valence-electron chi connectivity index (χ1n) is 11.1. The monoisotopic (exact) mass is 453 g/mol. The summed E-state index contributed by atoms with van der Waals surface area (Å²) in [5.74, 6) is -0.0911. The van der Waals surface area contributed by atoms with Crippen LogP contribution in [0.5, 0.6) is 0 Å². The molecule has 1 saturated heterocycles. The average Bonchev–Trinajstić information content (AvgIpc) is 2.78. The minimum absolute atomic E-state index is 0.0299. The predicted octanol–water partition coefficient (Wildman–Crippen LogP) is 5.68. The van der Waals surface area contributed by atoms with Gasteiger partial charge in [0.15, 0.2) is 0 Å². The van der Waals surface area contributed by atoms with Crippen LogP contribution in [0.4, 0.5) is 23.4 Å². The van der Waals surface area contributed by atoms with E-state index in [1.54, 1.807) is 12.1 Å². The Balaban J connectivity index is 1.77. The van der Waals surface area contributed by atoms with Crippen LogP contribution < -0.4 is 10.6 Å². The van der Waals surface area contributed by atoms with Gasteiger partial charge in [0.2, 0.25) is 0 Å². The Morgan fingerprint density at radius 2 is 1.75 bits per heavy atom. The van der Waals surface area contributed by atoms with Crippen LogP contribution in [-0.2, 0) is 22.9 Å². The van der Waals surface area contributed by atoms with Crippen molar-refractivity contribution < 1.29 is 22.3 Å². The minimum Gasteiger partial charge on any atom is -0.374 e. The fourth-order valence-corrected chi connectivity index (χ4v) is 4.18. The standard InChI is InChI=1S/C24H31F4N3O/c1-3-20(4-2)30-22-14-18(24(26,27)28)13-21(31-22)15-32-16-23(9-11-29-12-10-23)17-5-7-19(25)8-6-17/h5-8,13-14,20,29H,3-4,9-12,15-16H2,1-2H3,(H,30,31). The number of alkyl halides is 3. The van der Waals surface area contributed by atoms with Gasteiger partial charge in [0.25, 0.3) is 0 Å². The molecule has 0 bridgehead atoms. The number of rotatable bonds is 9. The van der Waals surface area contributed by atoms with E-state index < -0.39 is 11.7 Å². The number of nitrogens with zero attached hydrogens (tertiary/aromatic N) is 1. The molecule has 3 rings (SSSR count). The van der Waals surface area contributed by atoms with Gasteiger partial charge in [-0.2, -0.15) is 13.2 Å². The topological polar surface area (TPSA) is 46.2 Å². The zero-order valence-corrected chi connectivity index (χ0v) is 18.6. The first-order valence-corrected chi connectivity index (χ1v) is 11.1. The third kappa shape index (κ3) is 6.19. The molecule has 0 aliphatic carbocycles. The SMILES string of the molecule is CCC(CC)Nc1cc(C(F)(F)F)cc(COCC2(c3ccc(F)cc3)CCNCC2)n1. The van der Waals surface area contributed by atoms with Crippen LogP contribution in [0.25, 0.3) is 0 Å². The number of piperidine rings is 1. The van der Waals surface area contributed by atoms with Gasteiger partial charge in [0.05, 0.1) is 24.5 Å². The maximum Gasteiger partial charge on any atom is 0.416 e. The fourth-order valence-electron chi connectivity index (χ4n) is 4.18. The number of halogens is 4. The molecule has 0 atom stereocenters. The molecule has 8 heteroatoms. The second-order valence-electron chi connectivity index (χ2n) is 8.42. The van der Waals surface area contributed by atoms with Crippen molar-refractivity contribution in [3.63, 3.8) is 0 Å². The van der Waals surface area contributed by atoms with Gasteiger partial charge in [-0.1, -0.05) is 26.0 Å². The van der Waals surface area contributed by atoms with Crippen molar-refractivity contribution in [1.29, 1.82) is 0 Å². The molecule has 2 aromatic rings. The molecule has 1 aromatic heterocycles. The lowest BCUT2D eigenvalue weighted by atomic mass is 9.74. The fraction of sp³-hybridized carbons (Fsp3) is 0.542. The summed E-state index contributed by atoms with van der Waals surface area (Å²) < 4.78 is 59.7. The first kappa shape index (κ1) is 24.5. The number of hydrogen-bond donors (Lipinski definition) is 2. The van der Waals surface area contributed by atoms with Gasteiger partial charge in [-0.3, -0.25) is 0 Å². The van der Waals surface area contributed by atoms with Crippen LogP contribution in [0.15, 0.2) is 36.4 Å². The van der Waals surface area contributed by atoms with Crippen molar-refractivity contribution >= 4 is 5.82 Å². The second-order valence-corrected chi connectivity index (χ2v) is 8.42. The molecule has 4 nitrogen and oxygen atoms in total. The van der Waals surface area contributed by atoms with E-state index in [0.717, 1.165) is 56.5 Å². The van der Waals surface area contributed by atoms with Crippen LogP contribution in [0, 0.1) is 5.82 Å². The highest BCUT2D eigenvalue weighted by Crippen LogP contribution is 2.35. The normalized spacial score (nSPS) is 16.3. The number of aromatic nitrogens is 1. The molecule has 2 heterocycles. The lowest BCUT2D eigenvalue weighted by Crippen LogP contribution is -2.43. The van der Waals surface area contributed by atoms with Crippen molar-refractivity contribution in [2.24, 2.45) is 0 Å². The molecular formula is C24H31F4N3O. The Bertz CT molecular complexity index is 861. The molecule has 176 valence electrons. The third-order valence-electron chi connectivity index (χ3n) is 6.19. The molecule has 0 saturated carbocycles. The quantitative estimate of drug-likeness (QED) is 0.480. The highest BCUT2D eigenvalue weighted by Gasteiger charge is 2.35. The van der Waals surface area contributed by atoms with Crippen LogP contribution >= 0.6 is 0 Å². The number of nitrogens with one attached hydrogen (secondary N) is 2. The third-order valence-corrected chi connectivity index (χ3v) is 6.19. The summed E-state index contributed by atoms with van der Waals surface area (Å²) in [6, 6.07) is 8.55. The van der Waals surface area contributed by atoms with E-state index in [9.17, 15) is 17.6 Å². The van der Waals surface area contributed by atoms with Crippen molar-refractivity contribution in [3.8, 4) is 0 Å². The van der Waals surface area contributed by atoms with Gasteiger partial charge < -0.3 is 15.4 Å². The Morgan fingerprint density at radius 1 is 1.09 bits per heavy atom. The van der Waals surface area contributed by atoms with Crippen LogP contribution in [0.3, 0.4) is 0 Å². The summed E-state index contributed by atoms with van der Waals surface area (Å²) >= 11 is 0. The van der Waals surface area contributed by atoms with Gasteiger partial charge in [-0.25, -0.2) is 9.37 Å². The molecule has 1 aromatic carbocycles. The first-order chi connectivity index (χ1) is 15.3. The summed E-state index contributed by atoms with van der Waals surface area (Å²) in [7, 11) is 0. The Kier molecular flexibility index (Phi) is 8.11. The van der Waals surface area contributed by atoms with E-state index in [2.05, 4.69) is 15.6 Å². The minimum atomic E-state index is -4.47. The molecule has 0 spiro atoms. The number of anilines is 1. The molecule has 0 amide bonds. The molecule has 2 N–H and O–H groups in total. The molecule has 0 unspecified atom stereocenters. The zero-order valence-electron chi connectivity index (χ0n) is 18.6. The molecule has 1 aliphatic heterocycles. The Labute approximate surface area is 186 Å². The highest BCUT2D eigenvalue weighted by atomic mass is 19.4. The average molecular weight is 454 g/mol. The van der Waals surface area contributed by atoms with E-state index in [-0.39, 0.29) is 35.4 Å². The molecule has 1 aliphatic rings. The second kappa shape index (κ2) is 10.6. The Hall–Kier alpha value is -2.19. The van der Waals surface area contributed by atoms with Crippen molar-refractivity contribution in [2.45, 2.75) is 63.8 Å². The van der Waals surface area contributed by atoms with E-state index in [0.29, 0.717) is 6.61 Å². The maximum atomic E-state index is 13.4.